The number of aromatic carboxylic acids is 1. The average Bonchev–Trinajstić information content (AvgIpc) is 2.36. The van der Waals surface area contributed by atoms with Crippen molar-refractivity contribution < 1.29 is 14.7 Å². The summed E-state index contributed by atoms with van der Waals surface area (Å²) < 4.78 is 0. The van der Waals surface area contributed by atoms with Crippen molar-refractivity contribution in [3.05, 3.63) is 24.0 Å². The number of carboxylic acid groups (broad SMARTS) is 1. The van der Waals surface area contributed by atoms with Crippen LogP contribution in [-0.2, 0) is 0 Å². The van der Waals surface area contributed by atoms with Gasteiger partial charge in [0.2, 0.25) is 0 Å². The number of pyridine rings is 1. The Morgan fingerprint density at radius 2 is 2.17 bits per heavy atom. The molecular weight excluding hydrogens is 234 g/mol. The molecule has 0 radical (unpaired) electrons. The fourth-order valence-electron chi connectivity index (χ4n) is 1.21. The zero-order chi connectivity index (χ0) is 13.5. The van der Waals surface area contributed by atoms with Gasteiger partial charge in [0.15, 0.2) is 0 Å². The lowest BCUT2D eigenvalue weighted by Gasteiger charge is -2.11. The molecule has 0 bridgehead atoms. The number of urea groups is 1. The van der Waals surface area contributed by atoms with E-state index in [1.807, 2.05) is 13.8 Å². The maximum absolute atomic E-state index is 11.5. The number of nitrogens with one attached hydrogen (secondary N) is 2. The molecule has 6 heteroatoms. The summed E-state index contributed by atoms with van der Waals surface area (Å²) in [5.41, 5.74) is 0.395. The van der Waals surface area contributed by atoms with Gasteiger partial charge in [-0.05, 0) is 12.0 Å². The smallest absolute Gasteiger partial charge is 0.337 e. The Bertz CT molecular complexity index is 434. The third kappa shape index (κ3) is 4.40. The maximum Gasteiger partial charge on any atom is 0.337 e. The fraction of sp³-hybridized carbons (Fsp3) is 0.417. The zero-order valence-electron chi connectivity index (χ0n) is 10.4. The molecule has 6 nitrogen and oxygen atoms in total. The summed E-state index contributed by atoms with van der Waals surface area (Å²) in [5.74, 6) is -0.676. The predicted molar refractivity (Wildman–Crippen MR) is 67.7 cm³/mol. The minimum atomic E-state index is -1.08. The molecule has 0 aromatic carbocycles. The Morgan fingerprint density at radius 3 is 2.78 bits per heavy atom. The Kier molecular flexibility index (Phi) is 5.10. The third-order valence-electron chi connectivity index (χ3n) is 2.55. The first kappa shape index (κ1) is 14.0. The largest absolute Gasteiger partial charge is 0.478 e. The van der Waals surface area contributed by atoms with Gasteiger partial charge in [-0.1, -0.05) is 20.3 Å². The average molecular weight is 251 g/mol. The van der Waals surface area contributed by atoms with Gasteiger partial charge in [-0.15, -0.1) is 0 Å². The summed E-state index contributed by atoms with van der Waals surface area (Å²) in [4.78, 5) is 26.0. The number of carbonyl (C=O) groups excluding carboxylic acids is 1. The molecule has 0 spiro atoms. The summed E-state index contributed by atoms with van der Waals surface area (Å²) in [5, 5.41) is 14.0. The van der Waals surface area contributed by atoms with Crippen molar-refractivity contribution in [1.82, 2.24) is 10.3 Å². The zero-order valence-corrected chi connectivity index (χ0v) is 10.4. The van der Waals surface area contributed by atoms with E-state index in [4.69, 9.17) is 5.11 Å². The van der Waals surface area contributed by atoms with Gasteiger partial charge >= 0.3 is 12.0 Å². The molecule has 18 heavy (non-hydrogen) atoms. The van der Waals surface area contributed by atoms with Crippen molar-refractivity contribution in [1.29, 1.82) is 0 Å². The van der Waals surface area contributed by atoms with Gasteiger partial charge in [0.25, 0.3) is 0 Å². The van der Waals surface area contributed by atoms with Crippen molar-refractivity contribution in [2.24, 2.45) is 5.92 Å². The van der Waals surface area contributed by atoms with E-state index < -0.39 is 5.97 Å². The highest BCUT2D eigenvalue weighted by molar-refractivity contribution is 5.92. The Morgan fingerprint density at radius 1 is 1.44 bits per heavy atom. The first-order chi connectivity index (χ1) is 8.52. The minimum absolute atomic E-state index is 0.0368. The lowest BCUT2D eigenvalue weighted by atomic mass is 10.1. The van der Waals surface area contributed by atoms with Crippen molar-refractivity contribution in [2.45, 2.75) is 20.3 Å². The van der Waals surface area contributed by atoms with Crippen molar-refractivity contribution in [3.8, 4) is 0 Å². The first-order valence-corrected chi connectivity index (χ1v) is 5.76. The summed E-state index contributed by atoms with van der Waals surface area (Å²) in [6.07, 6.45) is 3.61. The number of amides is 2. The SMILES string of the molecule is CCC(C)CNC(=O)Nc1cncc(C(=O)O)c1. The number of nitrogens with zero attached hydrogens (tertiary/aromatic N) is 1. The first-order valence-electron chi connectivity index (χ1n) is 5.76. The lowest BCUT2D eigenvalue weighted by Crippen LogP contribution is -2.32. The molecule has 3 N–H and O–H groups in total. The second kappa shape index (κ2) is 6.58. The maximum atomic E-state index is 11.5. The van der Waals surface area contributed by atoms with Gasteiger partial charge in [-0.25, -0.2) is 9.59 Å². The van der Waals surface area contributed by atoms with E-state index in [0.717, 1.165) is 6.42 Å². The summed E-state index contributed by atoms with van der Waals surface area (Å²) in [6.45, 7) is 4.66. The van der Waals surface area contributed by atoms with Crippen LogP contribution in [0.15, 0.2) is 18.5 Å². The summed E-state index contributed by atoms with van der Waals surface area (Å²) >= 11 is 0. The van der Waals surface area contributed by atoms with Crippen LogP contribution in [-0.4, -0.2) is 28.6 Å². The van der Waals surface area contributed by atoms with Crippen LogP contribution >= 0.6 is 0 Å². The lowest BCUT2D eigenvalue weighted by molar-refractivity contribution is 0.0696. The fourth-order valence-corrected chi connectivity index (χ4v) is 1.21. The summed E-state index contributed by atoms with van der Waals surface area (Å²) in [7, 11) is 0. The number of carbonyl (C=O) groups is 2. The van der Waals surface area contributed by atoms with E-state index in [1.165, 1.54) is 18.5 Å². The Labute approximate surface area is 105 Å². The van der Waals surface area contributed by atoms with E-state index in [-0.39, 0.29) is 11.6 Å². The van der Waals surface area contributed by atoms with Crippen LogP contribution in [0.25, 0.3) is 0 Å². The molecule has 0 saturated heterocycles. The van der Waals surface area contributed by atoms with E-state index in [2.05, 4.69) is 15.6 Å². The van der Waals surface area contributed by atoms with Crippen LogP contribution in [0.2, 0.25) is 0 Å². The quantitative estimate of drug-likeness (QED) is 0.745. The van der Waals surface area contributed by atoms with Gasteiger partial charge in [0.1, 0.15) is 0 Å². The highest BCUT2D eigenvalue weighted by atomic mass is 16.4. The number of rotatable bonds is 5. The molecule has 1 heterocycles. The standard InChI is InChI=1S/C12H17N3O3/c1-3-8(2)5-14-12(18)15-10-4-9(11(16)17)6-13-7-10/h4,6-8H,3,5H2,1-2H3,(H,16,17)(H2,14,15,18). The molecule has 0 aliphatic rings. The van der Waals surface area contributed by atoms with Gasteiger partial charge < -0.3 is 15.7 Å². The molecule has 1 aromatic heterocycles. The van der Waals surface area contributed by atoms with Gasteiger partial charge in [0, 0.05) is 12.7 Å². The predicted octanol–water partition coefficient (Wildman–Crippen LogP) is 1.95. The van der Waals surface area contributed by atoms with Crippen LogP contribution < -0.4 is 10.6 Å². The molecule has 0 fully saturated rings. The second-order valence-electron chi connectivity index (χ2n) is 4.12. The highest BCUT2D eigenvalue weighted by Gasteiger charge is 2.07. The molecule has 0 saturated carbocycles. The van der Waals surface area contributed by atoms with Crippen molar-refractivity contribution in [3.63, 3.8) is 0 Å². The van der Waals surface area contributed by atoms with Crippen LogP contribution in [0.1, 0.15) is 30.6 Å². The van der Waals surface area contributed by atoms with Crippen LogP contribution in [0.4, 0.5) is 10.5 Å². The normalized spacial score (nSPS) is 11.7. The molecule has 1 aromatic rings. The molecule has 98 valence electrons. The van der Waals surface area contributed by atoms with Crippen LogP contribution in [0, 0.1) is 5.92 Å². The molecule has 0 aliphatic heterocycles. The molecule has 0 aliphatic carbocycles. The number of hydrogen-bond donors (Lipinski definition) is 3. The molecule has 2 amide bonds. The van der Waals surface area contributed by atoms with Crippen LogP contribution in [0.3, 0.4) is 0 Å². The molecule has 1 unspecified atom stereocenters. The van der Waals surface area contributed by atoms with E-state index in [1.54, 1.807) is 0 Å². The number of aromatic nitrogens is 1. The molecule has 1 rings (SSSR count). The van der Waals surface area contributed by atoms with E-state index >= 15 is 0 Å². The van der Waals surface area contributed by atoms with E-state index in [0.29, 0.717) is 18.2 Å². The van der Waals surface area contributed by atoms with Crippen molar-refractivity contribution >= 4 is 17.7 Å². The second-order valence-corrected chi connectivity index (χ2v) is 4.12. The molecular formula is C12H17N3O3. The van der Waals surface area contributed by atoms with E-state index in [9.17, 15) is 9.59 Å². The van der Waals surface area contributed by atoms with Gasteiger partial charge in [0.05, 0.1) is 17.4 Å². The highest BCUT2D eigenvalue weighted by Crippen LogP contribution is 2.08. The number of carboxylic acids is 1. The minimum Gasteiger partial charge on any atom is -0.478 e. The number of hydrogen-bond acceptors (Lipinski definition) is 3. The number of anilines is 1. The van der Waals surface area contributed by atoms with Crippen LogP contribution in [0.5, 0.6) is 0 Å². The topological polar surface area (TPSA) is 91.3 Å². The van der Waals surface area contributed by atoms with Gasteiger partial charge in [-0.2, -0.15) is 0 Å². The van der Waals surface area contributed by atoms with Crippen molar-refractivity contribution in [2.75, 3.05) is 11.9 Å². The Hall–Kier alpha value is -2.11. The van der Waals surface area contributed by atoms with Gasteiger partial charge in [-0.3, -0.25) is 4.98 Å². The Balaban J connectivity index is 2.54. The summed E-state index contributed by atoms with van der Waals surface area (Å²) in [6, 6.07) is 0.998. The monoisotopic (exact) mass is 251 g/mol. The molecule has 1 atom stereocenters. The third-order valence-corrected chi connectivity index (χ3v) is 2.55.